The SMILES string of the molecule is Cc1cc(C)n(CC(=O)N(C)[C@@H]2CC[C@@H](Oc3ccccc3)[C@@H]2O)n1. The fourth-order valence-corrected chi connectivity index (χ4v) is 3.41. The van der Waals surface area contributed by atoms with Crippen LogP contribution in [0.3, 0.4) is 0 Å². The zero-order valence-electron chi connectivity index (χ0n) is 14.9. The monoisotopic (exact) mass is 343 g/mol. The van der Waals surface area contributed by atoms with Crippen LogP contribution in [0.15, 0.2) is 36.4 Å². The van der Waals surface area contributed by atoms with Gasteiger partial charge < -0.3 is 14.7 Å². The van der Waals surface area contributed by atoms with Crippen molar-refractivity contribution in [2.45, 2.75) is 51.5 Å². The molecule has 1 heterocycles. The van der Waals surface area contributed by atoms with E-state index >= 15 is 0 Å². The van der Waals surface area contributed by atoms with Crippen LogP contribution < -0.4 is 4.74 Å². The minimum Gasteiger partial charge on any atom is -0.488 e. The fraction of sp³-hybridized carbons (Fsp3) is 0.474. The smallest absolute Gasteiger partial charge is 0.244 e. The van der Waals surface area contributed by atoms with Crippen LogP contribution in [-0.4, -0.2) is 51.0 Å². The Morgan fingerprint density at radius 2 is 2.04 bits per heavy atom. The van der Waals surface area contributed by atoms with Crippen LogP contribution in [0.4, 0.5) is 0 Å². The number of aromatic nitrogens is 2. The first-order valence-electron chi connectivity index (χ1n) is 8.62. The lowest BCUT2D eigenvalue weighted by atomic mass is 10.1. The zero-order chi connectivity index (χ0) is 18.0. The molecule has 0 unspecified atom stereocenters. The maximum atomic E-state index is 12.6. The molecule has 3 rings (SSSR count). The lowest BCUT2D eigenvalue weighted by Crippen LogP contribution is -2.46. The molecule has 2 aromatic rings. The number of carbonyl (C=O) groups is 1. The fourth-order valence-electron chi connectivity index (χ4n) is 3.41. The van der Waals surface area contributed by atoms with Crippen LogP contribution >= 0.6 is 0 Å². The van der Waals surface area contributed by atoms with E-state index in [1.165, 1.54) is 0 Å². The van der Waals surface area contributed by atoms with Gasteiger partial charge in [-0.3, -0.25) is 9.48 Å². The average molecular weight is 343 g/mol. The van der Waals surface area contributed by atoms with Crippen molar-refractivity contribution in [3.8, 4) is 5.75 Å². The van der Waals surface area contributed by atoms with Gasteiger partial charge in [0.2, 0.25) is 5.91 Å². The van der Waals surface area contributed by atoms with E-state index in [9.17, 15) is 9.90 Å². The van der Waals surface area contributed by atoms with Crippen LogP contribution in [0.25, 0.3) is 0 Å². The molecule has 0 radical (unpaired) electrons. The van der Waals surface area contributed by atoms with Gasteiger partial charge in [-0.15, -0.1) is 0 Å². The van der Waals surface area contributed by atoms with Crippen molar-refractivity contribution in [3.63, 3.8) is 0 Å². The average Bonchev–Trinajstić information content (AvgIpc) is 3.10. The third kappa shape index (κ3) is 3.85. The number of ether oxygens (including phenoxy) is 1. The van der Waals surface area contributed by atoms with Gasteiger partial charge in [0, 0.05) is 12.7 Å². The predicted molar refractivity (Wildman–Crippen MR) is 94.4 cm³/mol. The Labute approximate surface area is 148 Å². The Morgan fingerprint density at radius 1 is 1.32 bits per heavy atom. The topological polar surface area (TPSA) is 67.6 Å². The van der Waals surface area contributed by atoms with E-state index in [0.29, 0.717) is 0 Å². The molecule has 0 bridgehead atoms. The molecule has 3 atom stereocenters. The molecule has 1 aliphatic carbocycles. The van der Waals surface area contributed by atoms with Crippen molar-refractivity contribution in [2.24, 2.45) is 0 Å². The Kier molecular flexibility index (Phi) is 5.08. The summed E-state index contributed by atoms with van der Waals surface area (Å²) in [5, 5.41) is 14.9. The number of amides is 1. The normalized spacial score (nSPS) is 22.8. The summed E-state index contributed by atoms with van der Waals surface area (Å²) in [5.41, 5.74) is 1.85. The first-order valence-corrected chi connectivity index (χ1v) is 8.62. The molecule has 1 fully saturated rings. The number of hydrogen-bond acceptors (Lipinski definition) is 4. The van der Waals surface area contributed by atoms with E-state index in [1.54, 1.807) is 16.6 Å². The molecule has 0 spiro atoms. The molecule has 1 saturated carbocycles. The highest BCUT2D eigenvalue weighted by atomic mass is 16.5. The van der Waals surface area contributed by atoms with Crippen LogP contribution in [0.2, 0.25) is 0 Å². The predicted octanol–water partition coefficient (Wildman–Crippen LogP) is 1.93. The summed E-state index contributed by atoms with van der Waals surface area (Å²) in [6.07, 6.45) is 0.446. The number of carbonyl (C=O) groups excluding carboxylic acids is 1. The zero-order valence-corrected chi connectivity index (χ0v) is 14.9. The number of hydrogen-bond donors (Lipinski definition) is 1. The van der Waals surface area contributed by atoms with Crippen molar-refractivity contribution < 1.29 is 14.6 Å². The van der Waals surface area contributed by atoms with Gasteiger partial charge in [0.15, 0.2) is 0 Å². The number of aliphatic hydroxyl groups excluding tert-OH is 1. The molecule has 0 saturated heterocycles. The molecule has 1 aromatic carbocycles. The minimum absolute atomic E-state index is 0.0596. The molecule has 0 aliphatic heterocycles. The van der Waals surface area contributed by atoms with Gasteiger partial charge >= 0.3 is 0 Å². The molecular formula is C19H25N3O3. The number of para-hydroxylation sites is 1. The second-order valence-electron chi connectivity index (χ2n) is 6.69. The molecule has 6 heteroatoms. The van der Waals surface area contributed by atoms with Crippen molar-refractivity contribution >= 4 is 5.91 Å². The Balaban J connectivity index is 1.61. The third-order valence-corrected chi connectivity index (χ3v) is 4.83. The Bertz CT molecular complexity index is 729. The van der Waals surface area contributed by atoms with Crippen LogP contribution in [0.1, 0.15) is 24.2 Å². The maximum absolute atomic E-state index is 12.6. The van der Waals surface area contributed by atoms with Gasteiger partial charge in [0.25, 0.3) is 0 Å². The Hall–Kier alpha value is -2.34. The summed E-state index contributed by atoms with van der Waals surface area (Å²) in [6.45, 7) is 4.02. The summed E-state index contributed by atoms with van der Waals surface area (Å²) in [6, 6.07) is 11.2. The lowest BCUT2D eigenvalue weighted by molar-refractivity contribution is -0.135. The highest BCUT2D eigenvalue weighted by Crippen LogP contribution is 2.28. The second-order valence-corrected chi connectivity index (χ2v) is 6.69. The minimum atomic E-state index is -0.699. The van der Waals surface area contributed by atoms with Crippen molar-refractivity contribution in [2.75, 3.05) is 7.05 Å². The molecule has 1 aromatic heterocycles. The standard InChI is InChI=1S/C19H25N3O3/c1-13-11-14(2)22(20-13)12-18(23)21(3)16-9-10-17(19(16)24)25-15-7-5-4-6-8-15/h4-8,11,16-17,19,24H,9-10,12H2,1-3H3/t16-,17-,19-/m1/s1. The van der Waals surface area contributed by atoms with Gasteiger partial charge in [-0.05, 0) is 44.9 Å². The first kappa shape index (κ1) is 17.5. The van der Waals surface area contributed by atoms with E-state index < -0.39 is 6.10 Å². The summed E-state index contributed by atoms with van der Waals surface area (Å²) in [5.74, 6) is 0.680. The molecule has 1 N–H and O–H groups in total. The first-order chi connectivity index (χ1) is 12.0. The van der Waals surface area contributed by atoms with Gasteiger partial charge in [0.05, 0.1) is 11.7 Å². The second kappa shape index (κ2) is 7.27. The number of nitrogens with zero attached hydrogens (tertiary/aromatic N) is 3. The molecule has 1 aliphatic rings. The van der Waals surface area contributed by atoms with E-state index in [2.05, 4.69) is 5.10 Å². The molecule has 25 heavy (non-hydrogen) atoms. The summed E-state index contributed by atoms with van der Waals surface area (Å²) < 4.78 is 7.58. The van der Waals surface area contributed by atoms with Gasteiger partial charge in [-0.25, -0.2) is 0 Å². The van der Waals surface area contributed by atoms with Crippen molar-refractivity contribution in [3.05, 3.63) is 47.8 Å². The van der Waals surface area contributed by atoms with Gasteiger partial charge in [-0.2, -0.15) is 5.10 Å². The quantitative estimate of drug-likeness (QED) is 0.901. The number of aliphatic hydroxyl groups is 1. The van der Waals surface area contributed by atoms with E-state index in [0.717, 1.165) is 30.0 Å². The van der Waals surface area contributed by atoms with Gasteiger partial charge in [-0.1, -0.05) is 18.2 Å². The van der Waals surface area contributed by atoms with Crippen LogP contribution in [0, 0.1) is 13.8 Å². The summed E-state index contributed by atoms with van der Waals surface area (Å²) in [4.78, 5) is 14.2. The van der Waals surface area contributed by atoms with Crippen LogP contribution in [0.5, 0.6) is 5.75 Å². The van der Waals surface area contributed by atoms with E-state index in [4.69, 9.17) is 4.74 Å². The van der Waals surface area contributed by atoms with Gasteiger partial charge in [0.1, 0.15) is 24.5 Å². The highest BCUT2D eigenvalue weighted by Gasteiger charge is 2.40. The van der Waals surface area contributed by atoms with E-state index in [1.807, 2.05) is 50.2 Å². The third-order valence-electron chi connectivity index (χ3n) is 4.83. The molecule has 134 valence electrons. The highest BCUT2D eigenvalue weighted by molar-refractivity contribution is 5.76. The lowest BCUT2D eigenvalue weighted by Gasteiger charge is -2.29. The number of aryl methyl sites for hydroxylation is 2. The molecule has 6 nitrogen and oxygen atoms in total. The van der Waals surface area contributed by atoms with E-state index in [-0.39, 0.29) is 24.6 Å². The summed E-state index contributed by atoms with van der Waals surface area (Å²) in [7, 11) is 1.74. The number of likely N-dealkylation sites (N-methyl/N-ethyl adjacent to an activating group) is 1. The Morgan fingerprint density at radius 3 is 2.68 bits per heavy atom. The van der Waals surface area contributed by atoms with Crippen molar-refractivity contribution in [1.82, 2.24) is 14.7 Å². The number of rotatable bonds is 5. The molecular weight excluding hydrogens is 318 g/mol. The largest absolute Gasteiger partial charge is 0.488 e. The summed E-state index contributed by atoms with van der Waals surface area (Å²) >= 11 is 0. The maximum Gasteiger partial charge on any atom is 0.244 e. The molecule has 1 amide bonds. The van der Waals surface area contributed by atoms with Crippen LogP contribution in [-0.2, 0) is 11.3 Å². The number of benzene rings is 1. The van der Waals surface area contributed by atoms with Crippen molar-refractivity contribution in [1.29, 1.82) is 0 Å².